The van der Waals surface area contributed by atoms with Crippen LogP contribution in [-0.4, -0.2) is 22.5 Å². The van der Waals surface area contributed by atoms with E-state index in [2.05, 4.69) is 5.32 Å². The van der Waals surface area contributed by atoms with E-state index in [1.807, 2.05) is 30.3 Å². The van der Waals surface area contributed by atoms with Gasteiger partial charge in [0.25, 0.3) is 5.91 Å². The van der Waals surface area contributed by atoms with Crippen LogP contribution in [0.3, 0.4) is 0 Å². The van der Waals surface area contributed by atoms with Crippen molar-refractivity contribution < 1.29 is 19.1 Å². The van der Waals surface area contributed by atoms with E-state index in [4.69, 9.17) is 9.52 Å². The van der Waals surface area contributed by atoms with Crippen molar-refractivity contribution in [1.29, 1.82) is 0 Å². The van der Waals surface area contributed by atoms with Gasteiger partial charge in [0, 0.05) is 5.56 Å². The molecule has 1 amide bonds. The lowest BCUT2D eigenvalue weighted by Gasteiger charge is -2.20. The third-order valence-corrected chi connectivity index (χ3v) is 2.92. The summed E-state index contributed by atoms with van der Waals surface area (Å²) in [6, 6.07) is 11.0. The van der Waals surface area contributed by atoms with Crippen LogP contribution >= 0.6 is 0 Å². The molecule has 0 bridgehead atoms. The maximum atomic E-state index is 12.2. The normalized spacial score (nSPS) is 11.1. The summed E-state index contributed by atoms with van der Waals surface area (Å²) in [5, 5.41) is 11.5. The highest BCUT2D eigenvalue weighted by Crippen LogP contribution is 2.25. The van der Waals surface area contributed by atoms with Crippen LogP contribution in [0.5, 0.6) is 0 Å². The van der Waals surface area contributed by atoms with Gasteiger partial charge in [-0.1, -0.05) is 30.3 Å². The molecule has 1 heterocycles. The van der Waals surface area contributed by atoms with E-state index in [1.165, 1.54) is 20.1 Å². The van der Waals surface area contributed by atoms with Crippen LogP contribution in [0.4, 0.5) is 0 Å². The van der Waals surface area contributed by atoms with Crippen molar-refractivity contribution >= 4 is 11.9 Å². The molecule has 0 saturated carbocycles. The molecule has 0 unspecified atom stereocenters. The van der Waals surface area contributed by atoms with Crippen LogP contribution in [0.25, 0.3) is 11.1 Å². The summed E-state index contributed by atoms with van der Waals surface area (Å²) in [6.07, 6.45) is 1.41. The van der Waals surface area contributed by atoms with E-state index >= 15 is 0 Å². The monoisotopic (exact) mass is 273 g/mol. The number of carboxylic acid groups (broad SMARTS) is 1. The third-order valence-electron chi connectivity index (χ3n) is 2.92. The molecular weight excluding hydrogens is 258 g/mol. The summed E-state index contributed by atoms with van der Waals surface area (Å²) in [5.74, 6) is -1.56. The molecular formula is C15H15NO4. The predicted molar refractivity (Wildman–Crippen MR) is 73.3 cm³/mol. The molecule has 1 aromatic heterocycles. The maximum Gasteiger partial charge on any atom is 0.328 e. The number of hydrogen-bond acceptors (Lipinski definition) is 3. The van der Waals surface area contributed by atoms with Crippen molar-refractivity contribution in [3.8, 4) is 11.1 Å². The molecule has 0 aliphatic heterocycles. The molecule has 0 fully saturated rings. The number of amides is 1. The number of furan rings is 1. The first-order valence-corrected chi connectivity index (χ1v) is 6.10. The number of carbonyl (C=O) groups is 2. The first-order valence-electron chi connectivity index (χ1n) is 6.10. The van der Waals surface area contributed by atoms with Gasteiger partial charge < -0.3 is 14.8 Å². The number of carboxylic acids is 1. The molecule has 0 saturated heterocycles. The van der Waals surface area contributed by atoms with E-state index < -0.39 is 17.4 Å². The molecule has 0 aliphatic rings. The summed E-state index contributed by atoms with van der Waals surface area (Å²) in [4.78, 5) is 23.2. The third kappa shape index (κ3) is 2.71. The van der Waals surface area contributed by atoms with Gasteiger partial charge in [-0.15, -0.1) is 0 Å². The molecule has 5 heteroatoms. The Morgan fingerprint density at radius 2 is 1.80 bits per heavy atom. The average molecular weight is 273 g/mol. The summed E-state index contributed by atoms with van der Waals surface area (Å²) < 4.78 is 5.20. The molecule has 2 rings (SSSR count). The number of hydrogen-bond donors (Lipinski definition) is 2. The average Bonchev–Trinajstić information content (AvgIpc) is 2.88. The van der Waals surface area contributed by atoms with E-state index in [0.29, 0.717) is 5.56 Å². The Labute approximate surface area is 116 Å². The molecule has 20 heavy (non-hydrogen) atoms. The van der Waals surface area contributed by atoms with Crippen molar-refractivity contribution in [2.24, 2.45) is 0 Å². The molecule has 0 spiro atoms. The fourth-order valence-corrected chi connectivity index (χ4v) is 1.72. The van der Waals surface area contributed by atoms with Gasteiger partial charge in [-0.05, 0) is 25.5 Å². The fourth-order valence-electron chi connectivity index (χ4n) is 1.72. The first-order chi connectivity index (χ1) is 9.42. The minimum Gasteiger partial charge on any atom is -0.480 e. The maximum absolute atomic E-state index is 12.2. The molecule has 2 aromatic rings. The van der Waals surface area contributed by atoms with Crippen LogP contribution in [0.2, 0.25) is 0 Å². The van der Waals surface area contributed by atoms with Crippen LogP contribution in [0.15, 0.2) is 47.1 Å². The van der Waals surface area contributed by atoms with E-state index in [-0.39, 0.29) is 5.76 Å². The highest BCUT2D eigenvalue weighted by atomic mass is 16.4. The SMILES string of the molecule is CC(C)(NC(=O)c1occc1-c1ccccc1)C(=O)O. The Balaban J connectivity index is 2.29. The van der Waals surface area contributed by atoms with Gasteiger partial charge in [-0.2, -0.15) is 0 Å². The topological polar surface area (TPSA) is 79.5 Å². The van der Waals surface area contributed by atoms with E-state index in [1.54, 1.807) is 6.07 Å². The second-order valence-corrected chi connectivity index (χ2v) is 4.91. The summed E-state index contributed by atoms with van der Waals surface area (Å²) in [7, 11) is 0. The Hall–Kier alpha value is -2.56. The number of nitrogens with one attached hydrogen (secondary N) is 1. The standard InChI is InChI=1S/C15H15NO4/c1-15(2,14(18)19)16-13(17)12-11(8-9-20-12)10-6-4-3-5-7-10/h3-9H,1-2H3,(H,16,17)(H,18,19). The van der Waals surface area contributed by atoms with Crippen molar-refractivity contribution in [3.05, 3.63) is 48.4 Å². The highest BCUT2D eigenvalue weighted by molar-refractivity contribution is 6.00. The van der Waals surface area contributed by atoms with Gasteiger partial charge in [-0.25, -0.2) is 4.79 Å². The number of aliphatic carboxylic acids is 1. The van der Waals surface area contributed by atoms with Gasteiger partial charge in [0.1, 0.15) is 5.54 Å². The summed E-state index contributed by atoms with van der Waals surface area (Å²) in [6.45, 7) is 2.83. The number of carbonyl (C=O) groups excluding carboxylic acids is 1. The van der Waals surface area contributed by atoms with Gasteiger partial charge >= 0.3 is 5.97 Å². The summed E-state index contributed by atoms with van der Waals surface area (Å²) >= 11 is 0. The first kappa shape index (κ1) is 13.9. The second kappa shape index (κ2) is 5.21. The quantitative estimate of drug-likeness (QED) is 0.897. The Morgan fingerprint density at radius 1 is 1.15 bits per heavy atom. The van der Waals surface area contributed by atoms with Crippen LogP contribution in [0.1, 0.15) is 24.4 Å². The molecule has 0 atom stereocenters. The molecule has 5 nitrogen and oxygen atoms in total. The van der Waals surface area contributed by atoms with Crippen molar-refractivity contribution in [2.75, 3.05) is 0 Å². The Morgan fingerprint density at radius 3 is 2.40 bits per heavy atom. The number of benzene rings is 1. The smallest absolute Gasteiger partial charge is 0.328 e. The summed E-state index contributed by atoms with van der Waals surface area (Å²) in [5.41, 5.74) is 0.0986. The van der Waals surface area contributed by atoms with Gasteiger partial charge in [-0.3, -0.25) is 4.79 Å². The number of rotatable bonds is 4. The predicted octanol–water partition coefficient (Wildman–Crippen LogP) is 2.54. The van der Waals surface area contributed by atoms with Gasteiger partial charge in [0.05, 0.1) is 6.26 Å². The molecule has 1 aromatic carbocycles. The van der Waals surface area contributed by atoms with Crippen molar-refractivity contribution in [2.45, 2.75) is 19.4 Å². The molecule has 0 aliphatic carbocycles. The highest BCUT2D eigenvalue weighted by Gasteiger charge is 2.31. The van der Waals surface area contributed by atoms with Gasteiger partial charge in [0.2, 0.25) is 0 Å². The minimum atomic E-state index is -1.36. The Kier molecular flexibility index (Phi) is 3.61. The van der Waals surface area contributed by atoms with Crippen LogP contribution in [0, 0.1) is 0 Å². The second-order valence-electron chi connectivity index (χ2n) is 4.91. The largest absolute Gasteiger partial charge is 0.480 e. The van der Waals surface area contributed by atoms with Crippen LogP contribution in [-0.2, 0) is 4.79 Å². The zero-order chi connectivity index (χ0) is 14.8. The molecule has 0 radical (unpaired) electrons. The van der Waals surface area contributed by atoms with Crippen molar-refractivity contribution in [3.63, 3.8) is 0 Å². The molecule has 104 valence electrons. The van der Waals surface area contributed by atoms with Crippen molar-refractivity contribution in [1.82, 2.24) is 5.32 Å². The lowest BCUT2D eigenvalue weighted by Crippen LogP contribution is -2.49. The molecule has 2 N–H and O–H groups in total. The van der Waals surface area contributed by atoms with Gasteiger partial charge in [0.15, 0.2) is 5.76 Å². The Bertz CT molecular complexity index is 628. The lowest BCUT2D eigenvalue weighted by atomic mass is 10.0. The van der Waals surface area contributed by atoms with E-state index in [9.17, 15) is 9.59 Å². The van der Waals surface area contributed by atoms with E-state index in [0.717, 1.165) is 5.56 Å². The zero-order valence-electron chi connectivity index (χ0n) is 11.2. The fraction of sp³-hybridized carbons (Fsp3) is 0.200. The zero-order valence-corrected chi connectivity index (χ0v) is 11.2. The lowest BCUT2D eigenvalue weighted by molar-refractivity contribution is -0.143. The minimum absolute atomic E-state index is 0.102. The van der Waals surface area contributed by atoms with Crippen LogP contribution < -0.4 is 5.32 Å².